The van der Waals surface area contributed by atoms with E-state index in [1.807, 2.05) is 12.1 Å². The Hall–Kier alpha value is -2.49. The number of benzene rings is 2. The van der Waals surface area contributed by atoms with Gasteiger partial charge in [0.15, 0.2) is 11.6 Å². The minimum Gasteiger partial charge on any atom is -0.494 e. The van der Waals surface area contributed by atoms with Crippen LogP contribution in [0.3, 0.4) is 0 Å². The van der Waals surface area contributed by atoms with Gasteiger partial charge in [0.2, 0.25) is 15.9 Å². The number of ether oxygens (including phenoxy) is 1. The Morgan fingerprint density at radius 1 is 1.21 bits per heavy atom. The number of primary sulfonamides is 1. The molecule has 1 saturated carbocycles. The zero-order chi connectivity index (χ0) is 24.7. The monoisotopic (exact) mass is 491 g/mol. The highest BCUT2D eigenvalue weighted by atomic mass is 32.2. The van der Waals surface area contributed by atoms with Gasteiger partial charge in [-0.2, -0.15) is 0 Å². The third-order valence-corrected chi connectivity index (χ3v) is 7.19. The molecule has 2 aromatic carbocycles. The SMILES string of the molecule is COc1cc([C@@H](C)N[C@H]2CC[C@@H](c3ccc(CC(=O)NCCCS(N)(=O)=O)cc3)C2)ccc1F. The zero-order valence-electron chi connectivity index (χ0n) is 19.7. The Kier molecular flexibility index (Phi) is 9.04. The molecule has 3 rings (SSSR count). The first-order chi connectivity index (χ1) is 16.1. The van der Waals surface area contributed by atoms with Crippen LogP contribution in [0.15, 0.2) is 42.5 Å². The van der Waals surface area contributed by atoms with Gasteiger partial charge in [0, 0.05) is 18.6 Å². The maximum absolute atomic E-state index is 13.7. The predicted octanol–water partition coefficient (Wildman–Crippen LogP) is 3.16. The van der Waals surface area contributed by atoms with Crippen molar-refractivity contribution < 1.29 is 22.3 Å². The minimum absolute atomic E-state index is 0.0871. The first-order valence-corrected chi connectivity index (χ1v) is 13.3. The average Bonchev–Trinajstić information content (AvgIpc) is 3.25. The van der Waals surface area contributed by atoms with Crippen LogP contribution in [0.5, 0.6) is 5.75 Å². The quantitative estimate of drug-likeness (QED) is 0.418. The maximum Gasteiger partial charge on any atom is 0.224 e. The van der Waals surface area contributed by atoms with E-state index in [-0.39, 0.29) is 42.2 Å². The zero-order valence-corrected chi connectivity index (χ0v) is 20.5. The minimum atomic E-state index is -3.50. The molecular formula is C25H34FN3O4S. The van der Waals surface area contributed by atoms with E-state index >= 15 is 0 Å². The Balaban J connectivity index is 1.46. The van der Waals surface area contributed by atoms with Crippen molar-refractivity contribution in [2.24, 2.45) is 5.14 Å². The molecule has 0 aromatic heterocycles. The Labute approximate surface area is 201 Å². The second-order valence-electron chi connectivity index (χ2n) is 8.98. The van der Waals surface area contributed by atoms with E-state index in [1.165, 1.54) is 18.7 Å². The van der Waals surface area contributed by atoms with Crippen LogP contribution >= 0.6 is 0 Å². The van der Waals surface area contributed by atoms with Gasteiger partial charge >= 0.3 is 0 Å². The summed E-state index contributed by atoms with van der Waals surface area (Å²) in [6.07, 6.45) is 3.72. The fourth-order valence-electron chi connectivity index (χ4n) is 4.49. The molecule has 34 heavy (non-hydrogen) atoms. The van der Waals surface area contributed by atoms with Gasteiger partial charge < -0.3 is 15.4 Å². The van der Waals surface area contributed by atoms with E-state index in [1.54, 1.807) is 12.1 Å². The van der Waals surface area contributed by atoms with Crippen LogP contribution in [0.25, 0.3) is 0 Å². The van der Waals surface area contributed by atoms with Crippen molar-refractivity contribution in [2.45, 2.75) is 57.0 Å². The van der Waals surface area contributed by atoms with Crippen LogP contribution in [-0.2, 0) is 21.2 Å². The lowest BCUT2D eigenvalue weighted by Gasteiger charge is -2.21. The van der Waals surface area contributed by atoms with Crippen molar-refractivity contribution in [2.75, 3.05) is 19.4 Å². The average molecular weight is 492 g/mol. The fourth-order valence-corrected chi connectivity index (χ4v) is 5.03. The molecule has 3 atom stereocenters. The van der Waals surface area contributed by atoms with Gasteiger partial charge in [0.05, 0.1) is 19.3 Å². The summed E-state index contributed by atoms with van der Waals surface area (Å²) in [5.41, 5.74) is 3.17. The Morgan fingerprint density at radius 3 is 2.62 bits per heavy atom. The number of carbonyl (C=O) groups excluding carboxylic acids is 1. The molecule has 0 saturated heterocycles. The van der Waals surface area contributed by atoms with Crippen molar-refractivity contribution >= 4 is 15.9 Å². The number of amides is 1. The Morgan fingerprint density at radius 2 is 1.94 bits per heavy atom. The summed E-state index contributed by atoms with van der Waals surface area (Å²) in [6, 6.07) is 13.6. The standard InChI is InChI=1S/C25H34FN3O4S/c1-17(20-9-11-23(26)24(16-20)33-2)29-22-10-8-21(15-22)19-6-4-18(5-7-19)14-25(30)28-12-3-13-34(27,31)32/h4-7,9,11,16-17,21-22,29H,3,8,10,12-15H2,1-2H3,(H,28,30)(H2,27,31,32)/t17-,21-,22+/m1/s1. The van der Waals surface area contributed by atoms with Crippen molar-refractivity contribution in [3.63, 3.8) is 0 Å². The normalized spacial score (nSPS) is 19.1. The number of methoxy groups -OCH3 is 1. The topological polar surface area (TPSA) is 111 Å². The van der Waals surface area contributed by atoms with Crippen LogP contribution in [0.4, 0.5) is 4.39 Å². The molecule has 4 N–H and O–H groups in total. The highest BCUT2D eigenvalue weighted by molar-refractivity contribution is 7.89. The second-order valence-corrected chi connectivity index (χ2v) is 10.7. The molecule has 1 aliphatic rings. The third kappa shape index (κ3) is 7.78. The van der Waals surface area contributed by atoms with Crippen LogP contribution in [0.2, 0.25) is 0 Å². The molecule has 7 nitrogen and oxygen atoms in total. The van der Waals surface area contributed by atoms with Crippen LogP contribution in [0, 0.1) is 5.82 Å². The molecule has 0 radical (unpaired) electrons. The highest BCUT2D eigenvalue weighted by Crippen LogP contribution is 2.36. The molecule has 9 heteroatoms. The van der Waals surface area contributed by atoms with Crippen molar-refractivity contribution in [3.05, 3.63) is 65.0 Å². The molecule has 0 bridgehead atoms. The first-order valence-electron chi connectivity index (χ1n) is 11.6. The van der Waals surface area contributed by atoms with Crippen molar-refractivity contribution in [1.82, 2.24) is 10.6 Å². The molecule has 186 valence electrons. The van der Waals surface area contributed by atoms with Gasteiger partial charge in [-0.25, -0.2) is 17.9 Å². The van der Waals surface area contributed by atoms with Crippen LogP contribution in [-0.4, -0.2) is 39.8 Å². The number of rotatable bonds is 11. The van der Waals surface area contributed by atoms with E-state index in [4.69, 9.17) is 9.88 Å². The van der Waals surface area contributed by atoms with E-state index in [0.717, 1.165) is 30.4 Å². The molecule has 0 aliphatic heterocycles. The smallest absolute Gasteiger partial charge is 0.224 e. The number of hydrogen-bond donors (Lipinski definition) is 3. The molecule has 2 aromatic rings. The van der Waals surface area contributed by atoms with Gasteiger partial charge in [0.1, 0.15) is 0 Å². The van der Waals surface area contributed by atoms with Gasteiger partial charge in [-0.3, -0.25) is 4.79 Å². The number of sulfonamides is 1. The summed E-state index contributed by atoms with van der Waals surface area (Å²) >= 11 is 0. The Bertz CT molecular complexity index is 1080. The predicted molar refractivity (Wildman–Crippen MR) is 131 cm³/mol. The van der Waals surface area contributed by atoms with Crippen LogP contribution in [0.1, 0.15) is 61.3 Å². The summed E-state index contributed by atoms with van der Waals surface area (Å²) < 4.78 is 40.6. The van der Waals surface area contributed by atoms with Gasteiger partial charge in [0.25, 0.3) is 0 Å². The molecule has 1 fully saturated rings. The van der Waals surface area contributed by atoms with E-state index in [9.17, 15) is 17.6 Å². The van der Waals surface area contributed by atoms with E-state index in [2.05, 4.69) is 29.7 Å². The van der Waals surface area contributed by atoms with Gasteiger partial charge in [-0.15, -0.1) is 0 Å². The maximum atomic E-state index is 13.7. The molecular weight excluding hydrogens is 457 g/mol. The number of nitrogens with two attached hydrogens (primary N) is 1. The fraction of sp³-hybridized carbons (Fsp3) is 0.480. The highest BCUT2D eigenvalue weighted by Gasteiger charge is 2.27. The number of carbonyl (C=O) groups is 1. The largest absolute Gasteiger partial charge is 0.494 e. The van der Waals surface area contributed by atoms with Crippen LogP contribution < -0.4 is 20.5 Å². The van der Waals surface area contributed by atoms with Gasteiger partial charge in [-0.05, 0) is 67.3 Å². The third-order valence-electron chi connectivity index (χ3n) is 6.34. The summed E-state index contributed by atoms with van der Waals surface area (Å²) in [7, 11) is -2.03. The summed E-state index contributed by atoms with van der Waals surface area (Å²) in [5.74, 6) is 0.0677. The second kappa shape index (κ2) is 11.8. The summed E-state index contributed by atoms with van der Waals surface area (Å²) in [6.45, 7) is 2.36. The summed E-state index contributed by atoms with van der Waals surface area (Å²) in [5, 5.41) is 11.3. The molecule has 1 amide bonds. The lowest BCUT2D eigenvalue weighted by Crippen LogP contribution is -2.29. The lowest BCUT2D eigenvalue weighted by molar-refractivity contribution is -0.120. The number of halogens is 1. The lowest BCUT2D eigenvalue weighted by atomic mass is 9.95. The first kappa shape index (κ1) is 26.1. The molecule has 0 heterocycles. The van der Waals surface area contributed by atoms with E-state index < -0.39 is 10.0 Å². The van der Waals surface area contributed by atoms with E-state index in [0.29, 0.717) is 18.4 Å². The van der Waals surface area contributed by atoms with Crippen molar-refractivity contribution in [1.29, 1.82) is 0 Å². The summed E-state index contributed by atoms with van der Waals surface area (Å²) in [4.78, 5) is 12.1. The number of nitrogens with one attached hydrogen (secondary N) is 2. The number of hydrogen-bond acceptors (Lipinski definition) is 5. The molecule has 0 unspecified atom stereocenters. The molecule has 1 aliphatic carbocycles. The molecule has 0 spiro atoms. The van der Waals surface area contributed by atoms with Gasteiger partial charge in [-0.1, -0.05) is 30.3 Å². The van der Waals surface area contributed by atoms with Crippen molar-refractivity contribution in [3.8, 4) is 5.75 Å².